The number of ether oxygens (including phenoxy) is 8. The minimum absolute atomic E-state index is 0. The van der Waals surface area contributed by atoms with Gasteiger partial charge >= 0.3 is 54.7 Å². The van der Waals surface area contributed by atoms with E-state index in [1.165, 1.54) is 19.1 Å². The number of Topliss-reactive ketones (excluding diaryl/α,β-unsaturated/α-hetero) is 1. The molecule has 0 bridgehead atoms. The molecule has 1 aromatic carbocycles. The molecule has 12 N–H and O–H groups in total. The van der Waals surface area contributed by atoms with Crippen molar-refractivity contribution < 1.29 is 106 Å². The maximum absolute atomic E-state index is 11.8. The van der Waals surface area contributed by atoms with Crippen molar-refractivity contribution in [2.24, 2.45) is 47.2 Å². The van der Waals surface area contributed by atoms with Crippen molar-refractivity contribution >= 4 is 151 Å². The predicted molar refractivity (Wildman–Crippen MR) is 536 cm³/mol. The average Bonchev–Trinajstić information content (AvgIpc) is 1.74. The smallest absolute Gasteiger partial charge is 0.407 e. The number of aliphatic hydroxyl groups is 3. The number of benzene rings is 1. The van der Waals surface area contributed by atoms with Gasteiger partial charge in [-0.3, -0.25) is 14.4 Å². The van der Waals surface area contributed by atoms with Crippen molar-refractivity contribution in [3.63, 3.8) is 0 Å². The van der Waals surface area contributed by atoms with Crippen LogP contribution in [0, 0.1) is 41.4 Å². The van der Waals surface area contributed by atoms with Gasteiger partial charge in [-0.1, -0.05) is 136 Å². The summed E-state index contributed by atoms with van der Waals surface area (Å²) in [5.74, 6) is 1.06. The van der Waals surface area contributed by atoms with Crippen LogP contribution in [0.4, 0.5) is 28.8 Å². The number of alkyl carbamates (subject to hydrolysis) is 6. The van der Waals surface area contributed by atoms with E-state index in [0.717, 1.165) is 135 Å². The molecule has 7 aliphatic carbocycles. The maximum atomic E-state index is 11.8. The number of aliphatic hydroxyl groups excluding tert-OH is 3. The summed E-state index contributed by atoms with van der Waals surface area (Å²) < 4.78 is 41.5. The Kier molecular flexibility index (Phi) is 73.5. The lowest BCUT2D eigenvalue weighted by Gasteiger charge is -2.21. The lowest BCUT2D eigenvalue weighted by molar-refractivity contribution is -0.142. The maximum Gasteiger partial charge on any atom is 0.407 e. The number of carboxylic acid groups (broad SMARTS) is 1. The van der Waals surface area contributed by atoms with Crippen molar-refractivity contribution in [2.75, 3.05) is 53.3 Å². The summed E-state index contributed by atoms with van der Waals surface area (Å²) in [6.07, 6.45) is 22.0. The number of methoxy groups -OCH3 is 1. The van der Waals surface area contributed by atoms with E-state index >= 15 is 0 Å². The first-order valence-electron chi connectivity index (χ1n) is 43.6. The molecular weight excluding hydrogens is 2070 g/mol. The van der Waals surface area contributed by atoms with Gasteiger partial charge in [-0.2, -0.15) is 4.79 Å². The Bertz CT molecular complexity index is 3090. The van der Waals surface area contributed by atoms with E-state index in [1.54, 1.807) is 41.5 Å². The van der Waals surface area contributed by atoms with E-state index in [2.05, 4.69) is 144 Å². The number of hydrogen-bond acceptors (Lipinski definition) is 21. The van der Waals surface area contributed by atoms with Crippen LogP contribution in [0.15, 0.2) is 30.3 Å². The number of carbonyl (C=O) groups excluding carboxylic acids is 8. The molecule has 34 heteroatoms. The van der Waals surface area contributed by atoms with Crippen LogP contribution in [-0.2, 0) is 58.9 Å². The summed E-state index contributed by atoms with van der Waals surface area (Å²) in [5.41, 5.74) is 12.3. The minimum atomic E-state index is -0.784. The van der Waals surface area contributed by atoms with Gasteiger partial charge in [-0.25, -0.2) is 28.8 Å². The van der Waals surface area contributed by atoms with Gasteiger partial charge in [0.25, 0.3) is 0 Å². The molecule has 8 rings (SSSR count). The van der Waals surface area contributed by atoms with Crippen molar-refractivity contribution in [2.45, 2.75) is 389 Å². The number of amides is 6. The third-order valence-corrected chi connectivity index (χ3v) is 20.0. The second-order valence-electron chi connectivity index (χ2n) is 37.9. The van der Waals surface area contributed by atoms with Crippen LogP contribution >= 0.6 is 90.4 Å². The van der Waals surface area contributed by atoms with Crippen LogP contribution < -0.4 is 37.6 Å². The Morgan fingerprint density at radius 3 is 0.952 bits per heavy atom. The molecule has 0 aliphatic heterocycles. The summed E-state index contributed by atoms with van der Waals surface area (Å²) >= 11 is 8.60. The molecule has 0 saturated heterocycles. The van der Waals surface area contributed by atoms with Crippen molar-refractivity contribution in [3.05, 3.63) is 41.4 Å². The molecule has 0 aromatic heterocycles. The van der Waals surface area contributed by atoms with Crippen LogP contribution in [0.25, 0.3) is 5.53 Å². The first-order chi connectivity index (χ1) is 57.9. The molecule has 0 heterocycles. The number of hydrogen-bond donors (Lipinski definition) is 11. The van der Waals surface area contributed by atoms with E-state index in [-0.39, 0.29) is 112 Å². The molecule has 30 nitrogen and oxygen atoms in total. The van der Waals surface area contributed by atoms with Gasteiger partial charge in [-0.15, -0.1) is 0 Å². The molecule has 1 aromatic rings. The summed E-state index contributed by atoms with van der Waals surface area (Å²) in [7, 11) is 1.40. The quantitative estimate of drug-likeness (QED) is 0.00750. The molecule has 7 saturated carbocycles. The van der Waals surface area contributed by atoms with Crippen LogP contribution in [0.3, 0.4) is 0 Å². The highest BCUT2D eigenvalue weighted by Crippen LogP contribution is 2.34. The first kappa shape index (κ1) is 130. The van der Waals surface area contributed by atoms with Gasteiger partial charge in [0.05, 0.1) is 19.6 Å². The van der Waals surface area contributed by atoms with E-state index < -0.39 is 51.8 Å². The fourth-order valence-electron chi connectivity index (χ4n) is 14.8. The Morgan fingerprint density at radius 1 is 0.405 bits per heavy atom. The number of nitrogens with one attached hydrogen (secondary N) is 6. The number of rotatable bonds is 22. The molecule has 0 unspecified atom stereocenters. The zero-order valence-corrected chi connectivity index (χ0v) is 87.8. The van der Waals surface area contributed by atoms with Gasteiger partial charge in [0.2, 0.25) is 5.78 Å². The normalized spacial score (nSPS) is 22.9. The highest BCUT2D eigenvalue weighted by Gasteiger charge is 2.36. The molecule has 14 atom stereocenters. The van der Waals surface area contributed by atoms with E-state index in [9.17, 15) is 43.2 Å². The van der Waals surface area contributed by atoms with Gasteiger partial charge < -0.3 is 101 Å². The van der Waals surface area contributed by atoms with Crippen molar-refractivity contribution in [1.29, 1.82) is 0 Å². The van der Waals surface area contributed by atoms with Crippen LogP contribution in [-0.4, -0.2) is 215 Å². The number of esters is 1. The lowest BCUT2D eigenvalue weighted by atomic mass is 10.0. The van der Waals surface area contributed by atoms with Crippen LogP contribution in [0.5, 0.6) is 0 Å². The minimum Gasteiger partial charge on any atom is -0.481 e. The molecule has 738 valence electrons. The zero-order chi connectivity index (χ0) is 95.6. The highest BCUT2D eigenvalue weighted by molar-refractivity contribution is 14.1. The third-order valence-electron chi connectivity index (χ3n) is 20.0. The predicted octanol–water partition coefficient (Wildman–Crippen LogP) is 19.9. The fourth-order valence-corrected chi connectivity index (χ4v) is 14.8. The average molecular weight is 2250 g/mol. The number of alkyl halides is 4. The molecule has 0 spiro atoms. The molecule has 6 amide bonds. The number of nitrogens with zero attached hydrogens (tertiary/aromatic N) is 2. The van der Waals surface area contributed by atoms with Gasteiger partial charge in [0.15, 0.2) is 0 Å². The summed E-state index contributed by atoms with van der Waals surface area (Å²) in [6.45, 7) is 35.3. The van der Waals surface area contributed by atoms with E-state index in [1.807, 2.05) is 121 Å². The van der Waals surface area contributed by atoms with E-state index in [0.29, 0.717) is 87.4 Å². The Morgan fingerprint density at radius 2 is 0.675 bits per heavy atom. The van der Waals surface area contributed by atoms with Gasteiger partial charge in [-0.05, 0) is 340 Å². The second kappa shape index (κ2) is 71.2. The number of ketones is 1. The van der Waals surface area contributed by atoms with E-state index in [4.69, 9.17) is 64.8 Å². The topological polar surface area (TPSA) is 443 Å². The first-order valence-corrected chi connectivity index (χ1v) is 52.3. The summed E-state index contributed by atoms with van der Waals surface area (Å²) in [6, 6.07) is 11.3. The third kappa shape index (κ3) is 71.3. The Balaban J connectivity index is -0.000000448. The molecule has 7 fully saturated rings. The van der Waals surface area contributed by atoms with Crippen LogP contribution in [0.1, 0.15) is 312 Å². The standard InChI is InChI=1S/C19H29NO3.C13H23NO4.C12H19N3O3.2C12H23NO3.C11H19NO4.C7H15NO.4CH3I.2CH4/c1-19(2,3)23-18(21)20-17-10-9-15(13-17)11-12-22-14-16-7-5-4-6-8-16;1-13(2,3)18-12(16)14-10-6-5-9(7-10)8-11(15)17-4;1-12(2,3)18-11(17)15-9-5-4-8(6-9)10(16)7-14-13;2*1-12(2,3)16-11(15)13-10-5-4-9(8-10)6-7-14;1-11(2,3)16-10(15)12-8-5-4-7(6-8)9(13)14;8-7-2-1-6(5-7)3-4-9;4*1-2;;/h4-8,15,17H,9-14H2,1-3H3,(H,20,21);9-10H,5-8H2,1-4H3,(H,14,16);7-9H,4-6H2,1-3H3,(H,15,17);2*9-10,14H,4-8H2,1-3H3,(H,13,15);7-8H,4-6H2,1-3H3,(H,12,15)(H,13,14);6-7,9H,1-5,8H2;4*1H3;2*1H4/t15-,17-;9-,10+;8-,9+;2*9-,10-;7-,8+;6-,7-;;;;;;/m0110010....../s1. The number of nitrogens with two attached hydrogens (primary N) is 1. The molecular formula is C92H171I4N9O21. The molecule has 7 aliphatic rings. The largest absolute Gasteiger partial charge is 0.481 e. The van der Waals surface area contributed by atoms with Gasteiger partial charge in [0.1, 0.15) is 33.6 Å². The Hall–Kier alpha value is -4.45. The van der Waals surface area contributed by atoms with Crippen molar-refractivity contribution in [3.8, 4) is 0 Å². The second-order valence-corrected chi connectivity index (χ2v) is 37.9. The fraction of sp³-hybridized carbons (Fsp3) is 0.826. The van der Waals surface area contributed by atoms with Crippen LogP contribution in [0.2, 0.25) is 0 Å². The number of halogens is 4. The van der Waals surface area contributed by atoms with Crippen molar-refractivity contribution in [1.82, 2.24) is 31.9 Å². The molecule has 0 radical (unpaired) electrons. The summed E-state index contributed by atoms with van der Waals surface area (Å²) in [5, 5.41) is 52.1. The van der Waals surface area contributed by atoms with Gasteiger partial charge in [0, 0.05) is 81.1 Å². The monoisotopic (exact) mass is 2250 g/mol. The zero-order valence-electron chi connectivity index (χ0n) is 79.2. The summed E-state index contributed by atoms with van der Waals surface area (Å²) in [4.78, 5) is 113. The number of carbonyl (C=O) groups is 9. The Labute approximate surface area is 813 Å². The number of carboxylic acids is 1. The molecule has 126 heavy (non-hydrogen) atoms. The highest BCUT2D eigenvalue weighted by atomic mass is 127. The number of aliphatic carboxylic acids is 1. The SMILES string of the molecule is C.C.CC(C)(C)OC(=O)N[C@H]1CC[C@@H](C(=O)C=[N+]=[N-])C1.CC(C)(C)OC(=O)N[C@H]1CC[C@@H](C(=O)O)C1.CC(C)(C)OC(=O)N[C@H]1CC[C@@H](CCO)C1.CC(C)(C)OC(=O)N[C@H]1CC[C@@H](CCO)C1.CC(C)(C)OC(=O)N[C@H]1CC[C@@H](CCOCc2ccccc2)C1.CI.CI.CI.CI.COC(=O)C[C@@H]1CC[C@H](NC(=O)OC(C)(C)C)C1.N[C@H]1CC[C@@H](CCO)C1. The lowest BCUT2D eigenvalue weighted by Crippen LogP contribution is -2.38.